The molecule has 2 rings (SSSR count). The molecule has 2 aromatic rings. The lowest BCUT2D eigenvalue weighted by molar-refractivity contribution is 0.780. The van der Waals surface area contributed by atoms with Gasteiger partial charge in [-0.2, -0.15) is 0 Å². The van der Waals surface area contributed by atoms with Gasteiger partial charge < -0.3 is 9.72 Å². The third-order valence-corrected chi connectivity index (χ3v) is 2.41. The van der Waals surface area contributed by atoms with Crippen LogP contribution in [-0.2, 0) is 6.42 Å². The largest absolute Gasteiger partial charge is 0.319 e. The van der Waals surface area contributed by atoms with E-state index >= 15 is 0 Å². The lowest BCUT2D eigenvalue weighted by Crippen LogP contribution is -2.10. The zero-order valence-electron chi connectivity index (χ0n) is 8.00. The van der Waals surface area contributed by atoms with Gasteiger partial charge in [-0.05, 0) is 19.2 Å². The molecule has 4 heteroatoms. The number of fused-ring (bicyclic) bond motifs is 1. The van der Waals surface area contributed by atoms with E-state index in [1.54, 1.807) is 0 Å². The van der Waals surface area contributed by atoms with E-state index in [0.29, 0.717) is 5.02 Å². The fourth-order valence-corrected chi connectivity index (χ4v) is 1.62. The minimum absolute atomic E-state index is 0.697. The third-order valence-electron chi connectivity index (χ3n) is 2.12. The number of nitrogens with zero attached hydrogens (tertiary/aromatic N) is 2. The maximum absolute atomic E-state index is 6.01. The van der Waals surface area contributed by atoms with Crippen molar-refractivity contribution in [2.75, 3.05) is 13.6 Å². The molecule has 0 unspecified atom stereocenters. The van der Waals surface area contributed by atoms with Crippen LogP contribution in [0.1, 0.15) is 5.69 Å². The normalized spacial score (nSPS) is 11.0. The van der Waals surface area contributed by atoms with Crippen molar-refractivity contribution in [2.24, 2.45) is 0 Å². The van der Waals surface area contributed by atoms with E-state index < -0.39 is 0 Å². The van der Waals surface area contributed by atoms with Gasteiger partial charge in [-0.15, -0.1) is 0 Å². The van der Waals surface area contributed by atoms with Crippen LogP contribution in [0, 0.1) is 0 Å². The summed E-state index contributed by atoms with van der Waals surface area (Å²) in [6, 6.07) is 3.77. The first-order valence-corrected chi connectivity index (χ1v) is 4.96. The van der Waals surface area contributed by atoms with E-state index in [0.717, 1.165) is 24.3 Å². The van der Waals surface area contributed by atoms with Crippen LogP contribution in [-0.4, -0.2) is 23.0 Å². The number of pyridine rings is 1. The average Bonchev–Trinajstić information content (AvgIpc) is 2.59. The first-order chi connectivity index (χ1) is 6.81. The Labute approximate surface area is 87.7 Å². The maximum atomic E-state index is 6.01. The molecule has 0 spiro atoms. The summed E-state index contributed by atoms with van der Waals surface area (Å²) in [6.07, 6.45) is 4.89. The number of imidazole rings is 1. The molecular formula is C10H12ClN3. The Balaban J connectivity index is 2.36. The molecule has 0 amide bonds. The Morgan fingerprint density at radius 1 is 1.57 bits per heavy atom. The monoisotopic (exact) mass is 209 g/mol. The van der Waals surface area contributed by atoms with Crippen LogP contribution in [0.4, 0.5) is 0 Å². The van der Waals surface area contributed by atoms with Crippen molar-refractivity contribution in [3.63, 3.8) is 0 Å². The molecule has 0 fully saturated rings. The van der Waals surface area contributed by atoms with Gasteiger partial charge in [0, 0.05) is 25.4 Å². The summed E-state index contributed by atoms with van der Waals surface area (Å²) < 4.78 is 1.95. The van der Waals surface area contributed by atoms with Crippen molar-refractivity contribution in [1.82, 2.24) is 14.7 Å². The molecule has 0 aliphatic rings. The number of halogens is 1. The van der Waals surface area contributed by atoms with Crippen LogP contribution in [0.3, 0.4) is 0 Å². The summed E-state index contributed by atoms with van der Waals surface area (Å²) in [7, 11) is 1.93. The highest BCUT2D eigenvalue weighted by Crippen LogP contribution is 2.16. The smallest absolute Gasteiger partial charge is 0.155 e. The summed E-state index contributed by atoms with van der Waals surface area (Å²) in [5.41, 5.74) is 1.90. The van der Waals surface area contributed by atoms with Crippen LogP contribution >= 0.6 is 11.6 Å². The third kappa shape index (κ3) is 1.74. The van der Waals surface area contributed by atoms with Crippen molar-refractivity contribution < 1.29 is 0 Å². The van der Waals surface area contributed by atoms with Gasteiger partial charge >= 0.3 is 0 Å². The van der Waals surface area contributed by atoms with Crippen molar-refractivity contribution in [2.45, 2.75) is 6.42 Å². The number of likely N-dealkylation sites (N-methyl/N-ethyl adjacent to an activating group) is 1. The van der Waals surface area contributed by atoms with Gasteiger partial charge in [0.25, 0.3) is 0 Å². The second-order valence-corrected chi connectivity index (χ2v) is 3.58. The van der Waals surface area contributed by atoms with Gasteiger partial charge in [0.15, 0.2) is 5.65 Å². The molecule has 3 nitrogen and oxygen atoms in total. The number of aromatic nitrogens is 2. The van der Waals surface area contributed by atoms with Gasteiger partial charge in [-0.25, -0.2) is 4.98 Å². The van der Waals surface area contributed by atoms with E-state index in [1.165, 1.54) is 0 Å². The molecule has 0 bridgehead atoms. The van der Waals surface area contributed by atoms with Crippen LogP contribution in [0.15, 0.2) is 24.5 Å². The van der Waals surface area contributed by atoms with E-state index in [4.69, 9.17) is 11.6 Å². The Morgan fingerprint density at radius 2 is 2.43 bits per heavy atom. The number of hydrogen-bond acceptors (Lipinski definition) is 2. The predicted octanol–water partition coefficient (Wildman–Crippen LogP) is 1.75. The van der Waals surface area contributed by atoms with Crippen LogP contribution in [0.5, 0.6) is 0 Å². The average molecular weight is 210 g/mol. The number of rotatable bonds is 3. The number of nitrogens with one attached hydrogen (secondary N) is 1. The molecule has 0 saturated carbocycles. The molecule has 1 N–H and O–H groups in total. The second kappa shape index (κ2) is 3.98. The van der Waals surface area contributed by atoms with Gasteiger partial charge in [-0.1, -0.05) is 11.6 Å². The first kappa shape index (κ1) is 9.49. The van der Waals surface area contributed by atoms with Gasteiger partial charge in [0.2, 0.25) is 0 Å². The minimum atomic E-state index is 0.697. The minimum Gasteiger partial charge on any atom is -0.319 e. The second-order valence-electron chi connectivity index (χ2n) is 3.17. The molecule has 2 heterocycles. The molecule has 74 valence electrons. The lowest BCUT2D eigenvalue weighted by atomic mass is 10.3. The zero-order valence-corrected chi connectivity index (χ0v) is 8.75. The van der Waals surface area contributed by atoms with Crippen LogP contribution in [0.25, 0.3) is 5.65 Å². The predicted molar refractivity (Wildman–Crippen MR) is 57.8 cm³/mol. The Hall–Kier alpha value is -1.06. The van der Waals surface area contributed by atoms with E-state index in [-0.39, 0.29) is 0 Å². The quantitative estimate of drug-likeness (QED) is 0.835. The van der Waals surface area contributed by atoms with Crippen molar-refractivity contribution in [3.8, 4) is 0 Å². The molecule has 2 aromatic heterocycles. The Bertz CT molecular complexity index is 436. The van der Waals surface area contributed by atoms with Gasteiger partial charge in [0.05, 0.1) is 10.7 Å². The fourth-order valence-electron chi connectivity index (χ4n) is 1.40. The van der Waals surface area contributed by atoms with E-state index in [1.807, 2.05) is 36.0 Å². The Morgan fingerprint density at radius 3 is 3.14 bits per heavy atom. The highest BCUT2D eigenvalue weighted by Gasteiger charge is 2.03. The van der Waals surface area contributed by atoms with Crippen molar-refractivity contribution in [1.29, 1.82) is 0 Å². The summed E-state index contributed by atoms with van der Waals surface area (Å²) in [6.45, 7) is 0.932. The summed E-state index contributed by atoms with van der Waals surface area (Å²) >= 11 is 6.01. The highest BCUT2D eigenvalue weighted by atomic mass is 35.5. The Kier molecular flexibility index (Phi) is 2.70. The van der Waals surface area contributed by atoms with Gasteiger partial charge in [-0.3, -0.25) is 0 Å². The SMILES string of the molecule is CNCCc1cn2cccc(Cl)c2n1. The molecule has 0 aromatic carbocycles. The van der Waals surface area contributed by atoms with Crippen LogP contribution < -0.4 is 5.32 Å². The topological polar surface area (TPSA) is 29.3 Å². The zero-order chi connectivity index (χ0) is 9.97. The maximum Gasteiger partial charge on any atom is 0.155 e. The molecule has 14 heavy (non-hydrogen) atoms. The van der Waals surface area contributed by atoms with Gasteiger partial charge in [0.1, 0.15) is 0 Å². The molecule has 0 saturated heterocycles. The molecule has 0 radical (unpaired) electrons. The lowest BCUT2D eigenvalue weighted by Gasteiger charge is -1.92. The summed E-state index contributed by atoms with van der Waals surface area (Å²) in [5, 5.41) is 3.79. The van der Waals surface area contributed by atoms with Crippen molar-refractivity contribution in [3.05, 3.63) is 35.2 Å². The summed E-state index contributed by atoms with van der Waals surface area (Å²) in [4.78, 5) is 4.44. The molecule has 0 aliphatic carbocycles. The van der Waals surface area contributed by atoms with E-state index in [9.17, 15) is 0 Å². The first-order valence-electron chi connectivity index (χ1n) is 4.58. The fraction of sp³-hybridized carbons (Fsp3) is 0.300. The molecule has 0 atom stereocenters. The summed E-state index contributed by atoms with van der Waals surface area (Å²) in [5.74, 6) is 0. The standard InChI is InChI=1S/C10H12ClN3/c1-12-5-4-8-7-14-6-2-3-9(11)10(14)13-8/h2-3,6-7,12H,4-5H2,1H3. The van der Waals surface area contributed by atoms with Crippen LogP contribution in [0.2, 0.25) is 5.02 Å². The molecular weight excluding hydrogens is 198 g/mol. The van der Waals surface area contributed by atoms with Crippen molar-refractivity contribution >= 4 is 17.2 Å². The van der Waals surface area contributed by atoms with E-state index in [2.05, 4.69) is 10.3 Å². The highest BCUT2D eigenvalue weighted by molar-refractivity contribution is 6.33. The number of hydrogen-bond donors (Lipinski definition) is 1. The molecule has 0 aliphatic heterocycles.